The molecule has 0 radical (unpaired) electrons. The number of hydrogen-bond donors (Lipinski definition) is 0. The Morgan fingerprint density at radius 3 is 2.38 bits per heavy atom. The summed E-state index contributed by atoms with van der Waals surface area (Å²) in [6.45, 7) is 13.4. The van der Waals surface area contributed by atoms with Crippen LogP contribution in [0.1, 0.15) is 0 Å². The zero-order chi connectivity index (χ0) is 16.2. The van der Waals surface area contributed by atoms with Crippen molar-refractivity contribution >= 4 is 5.82 Å². The molecule has 0 bridgehead atoms. The van der Waals surface area contributed by atoms with Crippen molar-refractivity contribution in [2.75, 3.05) is 83.6 Å². The monoisotopic (exact) mass is 331 g/mol. The first-order valence-electron chi connectivity index (χ1n) is 9.31. The van der Waals surface area contributed by atoms with E-state index in [-0.39, 0.29) is 0 Å². The number of likely N-dealkylation sites (tertiary alicyclic amines) is 1. The van der Waals surface area contributed by atoms with Crippen molar-refractivity contribution in [2.45, 2.75) is 6.04 Å². The summed E-state index contributed by atoms with van der Waals surface area (Å²) in [5.41, 5.74) is 0. The van der Waals surface area contributed by atoms with Crippen LogP contribution in [0.3, 0.4) is 0 Å². The molecule has 0 saturated carbocycles. The molecule has 0 spiro atoms. The van der Waals surface area contributed by atoms with E-state index in [2.05, 4.69) is 36.7 Å². The molecule has 0 unspecified atom stereocenters. The molecular formula is C18H29N5O. The molecule has 0 aromatic carbocycles. The van der Waals surface area contributed by atoms with Gasteiger partial charge in [0.25, 0.3) is 0 Å². The summed E-state index contributed by atoms with van der Waals surface area (Å²) < 4.78 is 5.41. The summed E-state index contributed by atoms with van der Waals surface area (Å²) in [7, 11) is 0. The van der Waals surface area contributed by atoms with E-state index in [1.807, 2.05) is 12.3 Å². The molecule has 3 aliphatic heterocycles. The SMILES string of the molecule is c1ccc(N2CCN(C3CN(CCN4CCOCC4)C3)CC2)nc1. The van der Waals surface area contributed by atoms with Gasteiger partial charge in [0.05, 0.1) is 13.2 Å². The number of pyridine rings is 1. The second-order valence-corrected chi connectivity index (χ2v) is 7.08. The summed E-state index contributed by atoms with van der Waals surface area (Å²) in [6.07, 6.45) is 1.89. The van der Waals surface area contributed by atoms with Crippen LogP contribution >= 0.6 is 0 Å². The van der Waals surface area contributed by atoms with Gasteiger partial charge in [0.1, 0.15) is 5.82 Å². The van der Waals surface area contributed by atoms with Crippen molar-refractivity contribution in [3.8, 4) is 0 Å². The van der Waals surface area contributed by atoms with E-state index < -0.39 is 0 Å². The molecule has 3 aliphatic rings. The summed E-state index contributed by atoms with van der Waals surface area (Å²) >= 11 is 0. The Hall–Kier alpha value is -1.21. The molecule has 6 heteroatoms. The van der Waals surface area contributed by atoms with E-state index >= 15 is 0 Å². The van der Waals surface area contributed by atoms with E-state index in [9.17, 15) is 0 Å². The Morgan fingerprint density at radius 2 is 1.67 bits per heavy atom. The number of aromatic nitrogens is 1. The van der Waals surface area contributed by atoms with Gasteiger partial charge in [0.15, 0.2) is 0 Å². The smallest absolute Gasteiger partial charge is 0.128 e. The maximum atomic E-state index is 5.41. The number of nitrogens with zero attached hydrogens (tertiary/aromatic N) is 5. The minimum absolute atomic E-state index is 0.764. The first kappa shape index (κ1) is 16.3. The van der Waals surface area contributed by atoms with Crippen LogP contribution in [-0.2, 0) is 4.74 Å². The third-order valence-electron chi connectivity index (χ3n) is 5.58. The summed E-state index contributed by atoms with van der Waals surface area (Å²) in [5, 5.41) is 0. The molecular weight excluding hydrogens is 302 g/mol. The Kier molecular flexibility index (Phi) is 5.27. The van der Waals surface area contributed by atoms with Crippen molar-refractivity contribution < 1.29 is 4.74 Å². The molecule has 24 heavy (non-hydrogen) atoms. The number of anilines is 1. The van der Waals surface area contributed by atoms with Crippen LogP contribution in [0.5, 0.6) is 0 Å². The Bertz CT molecular complexity index is 493. The average Bonchev–Trinajstić information content (AvgIpc) is 2.62. The second-order valence-electron chi connectivity index (χ2n) is 7.08. The topological polar surface area (TPSA) is 35.1 Å². The van der Waals surface area contributed by atoms with Crippen molar-refractivity contribution in [3.05, 3.63) is 24.4 Å². The van der Waals surface area contributed by atoms with Crippen molar-refractivity contribution in [2.24, 2.45) is 0 Å². The van der Waals surface area contributed by atoms with Gasteiger partial charge in [0, 0.05) is 77.7 Å². The fourth-order valence-corrected chi connectivity index (χ4v) is 3.92. The predicted molar refractivity (Wildman–Crippen MR) is 95.5 cm³/mol. The lowest BCUT2D eigenvalue weighted by molar-refractivity contribution is 0.00569. The van der Waals surface area contributed by atoms with Crippen LogP contribution in [0.15, 0.2) is 24.4 Å². The number of ether oxygens (including phenoxy) is 1. The zero-order valence-corrected chi connectivity index (χ0v) is 14.5. The van der Waals surface area contributed by atoms with Crippen LogP contribution in [0.2, 0.25) is 0 Å². The Labute approximate surface area is 145 Å². The molecule has 4 rings (SSSR count). The van der Waals surface area contributed by atoms with Gasteiger partial charge in [-0.15, -0.1) is 0 Å². The van der Waals surface area contributed by atoms with Crippen LogP contribution < -0.4 is 4.90 Å². The lowest BCUT2D eigenvalue weighted by Crippen LogP contribution is -2.63. The first-order chi connectivity index (χ1) is 11.9. The van der Waals surface area contributed by atoms with Gasteiger partial charge in [-0.3, -0.25) is 14.7 Å². The molecule has 1 aromatic heterocycles. The minimum atomic E-state index is 0.764. The van der Waals surface area contributed by atoms with Gasteiger partial charge < -0.3 is 9.64 Å². The highest BCUT2D eigenvalue weighted by atomic mass is 16.5. The molecule has 4 heterocycles. The first-order valence-corrected chi connectivity index (χ1v) is 9.31. The molecule has 3 fully saturated rings. The molecule has 0 aliphatic carbocycles. The molecule has 1 aromatic rings. The van der Waals surface area contributed by atoms with Gasteiger partial charge in [-0.05, 0) is 12.1 Å². The highest BCUT2D eigenvalue weighted by Crippen LogP contribution is 2.19. The number of piperazine rings is 1. The van der Waals surface area contributed by atoms with Crippen molar-refractivity contribution in [1.82, 2.24) is 19.7 Å². The average molecular weight is 331 g/mol. The van der Waals surface area contributed by atoms with Gasteiger partial charge in [0.2, 0.25) is 0 Å². The Morgan fingerprint density at radius 1 is 0.917 bits per heavy atom. The number of hydrogen-bond acceptors (Lipinski definition) is 6. The standard InChI is InChI=1S/C18H29N5O/c1-2-4-19-18(3-1)23-9-7-22(8-10-23)17-15-21(16-17)6-5-20-11-13-24-14-12-20/h1-4,17H,5-16H2. The zero-order valence-electron chi connectivity index (χ0n) is 14.5. The van der Waals surface area contributed by atoms with Gasteiger partial charge in [-0.25, -0.2) is 4.98 Å². The van der Waals surface area contributed by atoms with E-state index in [0.29, 0.717) is 0 Å². The summed E-state index contributed by atoms with van der Waals surface area (Å²) in [4.78, 5) is 14.7. The molecule has 3 saturated heterocycles. The Balaban J connectivity index is 1.15. The lowest BCUT2D eigenvalue weighted by Gasteiger charge is -2.48. The summed E-state index contributed by atoms with van der Waals surface area (Å²) in [5.74, 6) is 1.12. The third-order valence-corrected chi connectivity index (χ3v) is 5.58. The third kappa shape index (κ3) is 3.88. The maximum absolute atomic E-state index is 5.41. The maximum Gasteiger partial charge on any atom is 0.128 e. The highest BCUT2D eigenvalue weighted by molar-refractivity contribution is 5.38. The van der Waals surface area contributed by atoms with E-state index in [1.165, 1.54) is 39.3 Å². The molecule has 0 N–H and O–H groups in total. The van der Waals surface area contributed by atoms with Crippen molar-refractivity contribution in [1.29, 1.82) is 0 Å². The fraction of sp³-hybridized carbons (Fsp3) is 0.722. The predicted octanol–water partition coefficient (Wildman–Crippen LogP) is 0.220. The van der Waals surface area contributed by atoms with E-state index in [0.717, 1.165) is 51.3 Å². The van der Waals surface area contributed by atoms with Crippen LogP contribution in [-0.4, -0.2) is 104 Å². The minimum Gasteiger partial charge on any atom is -0.379 e. The quantitative estimate of drug-likeness (QED) is 0.768. The van der Waals surface area contributed by atoms with E-state index in [4.69, 9.17) is 4.74 Å². The molecule has 6 nitrogen and oxygen atoms in total. The fourth-order valence-electron chi connectivity index (χ4n) is 3.92. The molecule has 132 valence electrons. The summed E-state index contributed by atoms with van der Waals surface area (Å²) in [6, 6.07) is 6.94. The van der Waals surface area contributed by atoms with E-state index in [1.54, 1.807) is 0 Å². The van der Waals surface area contributed by atoms with Gasteiger partial charge >= 0.3 is 0 Å². The largest absolute Gasteiger partial charge is 0.379 e. The number of rotatable bonds is 5. The molecule has 0 amide bonds. The van der Waals surface area contributed by atoms with Crippen LogP contribution in [0, 0.1) is 0 Å². The van der Waals surface area contributed by atoms with Crippen LogP contribution in [0.4, 0.5) is 5.82 Å². The highest BCUT2D eigenvalue weighted by Gasteiger charge is 2.33. The number of morpholine rings is 1. The van der Waals surface area contributed by atoms with Gasteiger partial charge in [-0.2, -0.15) is 0 Å². The normalized spacial score (nSPS) is 24.9. The van der Waals surface area contributed by atoms with Gasteiger partial charge in [-0.1, -0.05) is 6.07 Å². The van der Waals surface area contributed by atoms with Crippen molar-refractivity contribution in [3.63, 3.8) is 0 Å². The second kappa shape index (κ2) is 7.78. The lowest BCUT2D eigenvalue weighted by atomic mass is 10.1. The molecule has 0 atom stereocenters. The van der Waals surface area contributed by atoms with Crippen LogP contribution in [0.25, 0.3) is 0 Å².